The summed E-state index contributed by atoms with van der Waals surface area (Å²) >= 11 is 0. The predicted molar refractivity (Wildman–Crippen MR) is 140 cm³/mol. The van der Waals surface area contributed by atoms with Gasteiger partial charge < -0.3 is 19.7 Å². The molecule has 0 bridgehead atoms. The van der Waals surface area contributed by atoms with E-state index in [1.807, 2.05) is 0 Å². The SMILES string of the molecule is COC1(OC)CCC2(C)C(CCC3C2CC(O)C2(C)C3CC(O)C2C(C)CCC(C)C2CC2C)C1. The van der Waals surface area contributed by atoms with Gasteiger partial charge in [0.2, 0.25) is 0 Å². The van der Waals surface area contributed by atoms with Crippen LogP contribution in [0.3, 0.4) is 0 Å². The first-order chi connectivity index (χ1) is 16.5. The van der Waals surface area contributed by atoms with Crippen LogP contribution in [0.4, 0.5) is 0 Å². The number of methoxy groups -OCH3 is 2. The van der Waals surface area contributed by atoms with Crippen LogP contribution in [0.5, 0.6) is 0 Å². The fraction of sp³-hybridized carbons (Fsp3) is 1.00. The van der Waals surface area contributed by atoms with E-state index < -0.39 is 5.79 Å². The van der Waals surface area contributed by atoms with Gasteiger partial charge in [-0.15, -0.1) is 0 Å². The van der Waals surface area contributed by atoms with E-state index >= 15 is 0 Å². The molecular formula is C31H54O4. The molecule has 0 amide bonds. The Hall–Kier alpha value is -0.160. The molecule has 2 N–H and O–H groups in total. The maximum absolute atomic E-state index is 11.9. The fourth-order valence-electron chi connectivity index (χ4n) is 10.7. The van der Waals surface area contributed by atoms with Gasteiger partial charge in [-0.25, -0.2) is 0 Å². The first-order valence-corrected chi connectivity index (χ1v) is 15.0. The lowest BCUT2D eigenvalue weighted by Gasteiger charge is -2.63. The predicted octanol–water partition coefficient (Wildman–Crippen LogP) is 6.28. The Bertz CT molecular complexity index is 765. The molecule has 35 heavy (non-hydrogen) atoms. The number of hydrogen-bond donors (Lipinski definition) is 2. The van der Waals surface area contributed by atoms with Crippen molar-refractivity contribution < 1.29 is 19.7 Å². The summed E-state index contributed by atoms with van der Waals surface area (Å²) < 4.78 is 11.8. The zero-order valence-electron chi connectivity index (χ0n) is 23.6. The fourth-order valence-corrected chi connectivity index (χ4v) is 10.7. The molecule has 13 atom stereocenters. The lowest BCUT2D eigenvalue weighted by molar-refractivity contribution is -0.265. The molecule has 0 aromatic rings. The van der Waals surface area contributed by atoms with Crippen molar-refractivity contribution in [1.82, 2.24) is 0 Å². The quantitative estimate of drug-likeness (QED) is 0.412. The molecule has 0 radical (unpaired) electrons. The summed E-state index contributed by atoms with van der Waals surface area (Å²) in [7, 11) is 3.58. The van der Waals surface area contributed by atoms with E-state index in [-0.39, 0.29) is 29.0 Å². The molecule has 5 fully saturated rings. The Labute approximate surface area is 214 Å². The maximum atomic E-state index is 11.9. The van der Waals surface area contributed by atoms with Crippen LogP contribution in [-0.4, -0.2) is 42.4 Å². The van der Waals surface area contributed by atoms with Crippen LogP contribution in [0.15, 0.2) is 0 Å². The Kier molecular flexibility index (Phi) is 6.98. The number of fused-ring (bicyclic) bond motifs is 5. The number of ether oxygens (including phenoxy) is 2. The highest BCUT2D eigenvalue weighted by Gasteiger charge is 2.66. The number of rotatable bonds is 7. The van der Waals surface area contributed by atoms with E-state index in [1.165, 1.54) is 32.1 Å². The van der Waals surface area contributed by atoms with Gasteiger partial charge in [-0.05, 0) is 97.2 Å². The Morgan fingerprint density at radius 3 is 2.17 bits per heavy atom. The van der Waals surface area contributed by atoms with Crippen LogP contribution in [-0.2, 0) is 9.47 Å². The van der Waals surface area contributed by atoms with Gasteiger partial charge in [-0.1, -0.05) is 47.5 Å². The van der Waals surface area contributed by atoms with Crippen LogP contribution < -0.4 is 0 Å². The summed E-state index contributed by atoms with van der Waals surface area (Å²) in [6.07, 6.45) is 10.5. The first kappa shape index (κ1) is 26.4. The van der Waals surface area contributed by atoms with Gasteiger partial charge in [0, 0.05) is 32.5 Å². The third-order valence-corrected chi connectivity index (χ3v) is 13.2. The van der Waals surface area contributed by atoms with E-state index in [4.69, 9.17) is 9.47 Å². The van der Waals surface area contributed by atoms with Crippen molar-refractivity contribution >= 4 is 0 Å². The van der Waals surface area contributed by atoms with Gasteiger partial charge >= 0.3 is 0 Å². The van der Waals surface area contributed by atoms with Crippen LogP contribution in [0.2, 0.25) is 0 Å². The van der Waals surface area contributed by atoms with Gasteiger partial charge in [0.05, 0.1) is 12.2 Å². The first-order valence-electron chi connectivity index (χ1n) is 15.0. The number of aliphatic hydroxyl groups is 2. The highest BCUT2D eigenvalue weighted by molar-refractivity contribution is 5.15. The molecule has 5 aliphatic rings. The molecule has 13 unspecified atom stereocenters. The molecule has 5 saturated carbocycles. The molecule has 0 saturated heterocycles. The lowest BCUT2D eigenvalue weighted by Crippen LogP contribution is -2.60. The van der Waals surface area contributed by atoms with Crippen LogP contribution in [0.1, 0.15) is 98.8 Å². The Morgan fingerprint density at radius 1 is 0.886 bits per heavy atom. The van der Waals surface area contributed by atoms with E-state index in [1.54, 1.807) is 14.2 Å². The van der Waals surface area contributed by atoms with Gasteiger partial charge in [-0.3, -0.25) is 0 Å². The minimum atomic E-state index is -0.432. The molecule has 0 aromatic carbocycles. The molecule has 4 heteroatoms. The van der Waals surface area contributed by atoms with Crippen molar-refractivity contribution in [3.05, 3.63) is 0 Å². The molecule has 5 aliphatic carbocycles. The topological polar surface area (TPSA) is 58.9 Å². The molecule has 202 valence electrons. The molecule has 0 aliphatic heterocycles. The lowest BCUT2D eigenvalue weighted by atomic mass is 9.43. The second-order valence-corrected chi connectivity index (χ2v) is 14.5. The van der Waals surface area contributed by atoms with E-state index in [9.17, 15) is 10.2 Å². The third kappa shape index (κ3) is 4.07. The van der Waals surface area contributed by atoms with Crippen molar-refractivity contribution in [3.8, 4) is 0 Å². The highest BCUT2D eigenvalue weighted by Crippen LogP contribution is 2.69. The van der Waals surface area contributed by atoms with Crippen molar-refractivity contribution in [3.63, 3.8) is 0 Å². The number of hydrogen-bond acceptors (Lipinski definition) is 4. The number of aliphatic hydroxyl groups excluding tert-OH is 2. The average molecular weight is 491 g/mol. The van der Waals surface area contributed by atoms with Gasteiger partial charge in [0.1, 0.15) is 0 Å². The van der Waals surface area contributed by atoms with Crippen LogP contribution in [0, 0.1) is 64.1 Å². The summed E-state index contributed by atoms with van der Waals surface area (Å²) in [5.41, 5.74) is 0.0770. The van der Waals surface area contributed by atoms with Gasteiger partial charge in [0.25, 0.3) is 0 Å². The van der Waals surface area contributed by atoms with E-state index in [0.29, 0.717) is 29.6 Å². The van der Waals surface area contributed by atoms with E-state index in [2.05, 4.69) is 34.6 Å². The summed E-state index contributed by atoms with van der Waals surface area (Å²) in [5.74, 6) is 5.06. The van der Waals surface area contributed by atoms with Crippen LogP contribution in [0.25, 0.3) is 0 Å². The third-order valence-electron chi connectivity index (χ3n) is 13.2. The highest BCUT2D eigenvalue weighted by atomic mass is 16.7. The van der Waals surface area contributed by atoms with Gasteiger partial charge in [0.15, 0.2) is 5.79 Å². The van der Waals surface area contributed by atoms with E-state index in [0.717, 1.165) is 49.9 Å². The summed E-state index contributed by atoms with van der Waals surface area (Å²) in [5, 5.41) is 23.3. The van der Waals surface area contributed by atoms with Gasteiger partial charge in [-0.2, -0.15) is 0 Å². The minimum absolute atomic E-state index is 0.156. The summed E-state index contributed by atoms with van der Waals surface area (Å²) in [6, 6.07) is 0. The van der Waals surface area contributed by atoms with Crippen molar-refractivity contribution in [1.29, 1.82) is 0 Å². The zero-order chi connectivity index (χ0) is 25.3. The second-order valence-electron chi connectivity index (χ2n) is 14.5. The zero-order valence-corrected chi connectivity index (χ0v) is 23.6. The largest absolute Gasteiger partial charge is 0.393 e. The smallest absolute Gasteiger partial charge is 0.167 e. The minimum Gasteiger partial charge on any atom is -0.393 e. The molecule has 0 aromatic heterocycles. The average Bonchev–Trinajstić information content (AvgIpc) is 3.50. The molecule has 0 heterocycles. The standard InChI is InChI=1S/C31H54O4/c1-18(23-14-20(23)3)8-9-19(2)28-26(32)15-25-22-11-10-21-17-31(34-6,35-7)13-12-29(21,4)24(22)16-27(33)30(25,28)5/h18-28,32-33H,8-17H2,1-7H3. The Balaban J connectivity index is 1.33. The molecule has 0 spiro atoms. The second kappa shape index (κ2) is 9.24. The molecule has 5 rings (SSSR count). The Morgan fingerprint density at radius 2 is 1.54 bits per heavy atom. The summed E-state index contributed by atoms with van der Waals surface area (Å²) in [4.78, 5) is 0. The summed E-state index contributed by atoms with van der Waals surface area (Å²) in [6.45, 7) is 12.1. The monoisotopic (exact) mass is 490 g/mol. The van der Waals surface area contributed by atoms with Crippen LogP contribution >= 0.6 is 0 Å². The molecule has 4 nitrogen and oxygen atoms in total. The maximum Gasteiger partial charge on any atom is 0.167 e. The normalized spacial score (nSPS) is 52.2. The van der Waals surface area contributed by atoms with Crippen molar-refractivity contribution in [2.75, 3.05) is 14.2 Å². The van der Waals surface area contributed by atoms with Crippen molar-refractivity contribution in [2.24, 2.45) is 64.1 Å². The van der Waals surface area contributed by atoms with Crippen molar-refractivity contribution in [2.45, 2.75) is 117 Å². The molecular weight excluding hydrogens is 436 g/mol.